The standard InChI is InChI=1S/C21H26N4O5/c22-9-4-12-28-16-21(17-29-13-5-10-23,18-30-14-6-11-24)25(20(26)27)15-19-7-2-1-3-8-19/h1-3,7-8H,4-6,12-18H2,(H,26,27). The summed E-state index contributed by atoms with van der Waals surface area (Å²) in [6.45, 7) is 0.280. The lowest BCUT2D eigenvalue weighted by Crippen LogP contribution is -2.60. The predicted molar refractivity (Wildman–Crippen MR) is 106 cm³/mol. The minimum Gasteiger partial charge on any atom is -0.465 e. The first-order chi connectivity index (χ1) is 14.6. The zero-order chi connectivity index (χ0) is 22.1. The highest BCUT2D eigenvalue weighted by molar-refractivity contribution is 5.66. The van der Waals surface area contributed by atoms with Crippen LogP contribution >= 0.6 is 0 Å². The molecule has 0 radical (unpaired) electrons. The molecule has 0 aromatic heterocycles. The fourth-order valence-electron chi connectivity index (χ4n) is 2.70. The van der Waals surface area contributed by atoms with Gasteiger partial charge in [-0.15, -0.1) is 0 Å². The van der Waals surface area contributed by atoms with Crippen LogP contribution in [0.5, 0.6) is 0 Å². The Morgan fingerprint density at radius 1 is 0.867 bits per heavy atom. The summed E-state index contributed by atoms with van der Waals surface area (Å²) in [4.78, 5) is 13.4. The van der Waals surface area contributed by atoms with Crippen LogP contribution in [0, 0.1) is 34.0 Å². The van der Waals surface area contributed by atoms with E-state index in [0.29, 0.717) is 0 Å². The molecule has 0 saturated carbocycles. The third-order valence-corrected chi connectivity index (χ3v) is 4.17. The summed E-state index contributed by atoms with van der Waals surface area (Å²) in [5.74, 6) is 0. The van der Waals surface area contributed by atoms with Crippen molar-refractivity contribution in [1.29, 1.82) is 15.8 Å². The molecule has 0 saturated heterocycles. The maximum Gasteiger partial charge on any atom is 0.408 e. The molecule has 0 aliphatic heterocycles. The molecule has 0 fully saturated rings. The molecule has 0 heterocycles. The normalized spacial score (nSPS) is 10.6. The Morgan fingerprint density at radius 2 is 1.30 bits per heavy atom. The van der Waals surface area contributed by atoms with Gasteiger partial charge in [0.05, 0.1) is 77.1 Å². The van der Waals surface area contributed by atoms with Gasteiger partial charge in [0.25, 0.3) is 0 Å². The Kier molecular flexibility index (Phi) is 12.3. The highest BCUT2D eigenvalue weighted by Gasteiger charge is 2.41. The number of amides is 1. The van der Waals surface area contributed by atoms with Crippen molar-refractivity contribution in [2.24, 2.45) is 0 Å². The van der Waals surface area contributed by atoms with Gasteiger partial charge >= 0.3 is 6.09 Å². The average Bonchev–Trinajstić information content (AvgIpc) is 2.75. The second kappa shape index (κ2) is 14.8. The van der Waals surface area contributed by atoms with E-state index in [0.717, 1.165) is 5.56 Å². The van der Waals surface area contributed by atoms with Gasteiger partial charge in [-0.1, -0.05) is 30.3 Å². The van der Waals surface area contributed by atoms with Crippen LogP contribution in [0.25, 0.3) is 0 Å². The maximum absolute atomic E-state index is 12.2. The van der Waals surface area contributed by atoms with Gasteiger partial charge in [0.1, 0.15) is 5.54 Å². The van der Waals surface area contributed by atoms with E-state index in [2.05, 4.69) is 0 Å². The quantitative estimate of drug-likeness (QED) is 0.432. The Hall–Kier alpha value is -3.16. The molecule has 30 heavy (non-hydrogen) atoms. The summed E-state index contributed by atoms with van der Waals surface area (Å²) in [6.07, 6.45) is -0.707. The molecular weight excluding hydrogens is 388 g/mol. The Labute approximate surface area is 176 Å². The third kappa shape index (κ3) is 8.89. The van der Waals surface area contributed by atoms with Gasteiger partial charge in [-0.2, -0.15) is 15.8 Å². The summed E-state index contributed by atoms with van der Waals surface area (Å²) in [6, 6.07) is 15.0. The van der Waals surface area contributed by atoms with Crippen LogP contribution in [0.15, 0.2) is 30.3 Å². The van der Waals surface area contributed by atoms with Gasteiger partial charge in [0.15, 0.2) is 0 Å². The number of benzene rings is 1. The molecule has 1 rings (SSSR count). The van der Waals surface area contributed by atoms with Crippen molar-refractivity contribution < 1.29 is 24.1 Å². The number of carbonyl (C=O) groups is 1. The van der Waals surface area contributed by atoms with Crippen LogP contribution in [-0.4, -0.2) is 61.3 Å². The van der Waals surface area contributed by atoms with Gasteiger partial charge in [-0.05, 0) is 5.56 Å². The molecule has 9 heteroatoms. The smallest absolute Gasteiger partial charge is 0.408 e. The summed E-state index contributed by atoms with van der Waals surface area (Å²) in [5, 5.41) is 36.2. The van der Waals surface area contributed by atoms with Crippen molar-refractivity contribution in [2.45, 2.75) is 31.3 Å². The Morgan fingerprint density at radius 3 is 1.67 bits per heavy atom. The predicted octanol–water partition coefficient (Wildman–Crippen LogP) is 2.70. The van der Waals surface area contributed by atoms with Gasteiger partial charge < -0.3 is 19.3 Å². The number of hydrogen-bond acceptors (Lipinski definition) is 7. The van der Waals surface area contributed by atoms with Gasteiger partial charge in [-0.25, -0.2) is 4.79 Å². The minimum atomic E-state index is -1.22. The molecule has 0 unspecified atom stereocenters. The Bertz CT molecular complexity index is 696. The van der Waals surface area contributed by atoms with Crippen molar-refractivity contribution in [2.75, 3.05) is 39.6 Å². The molecule has 0 aliphatic carbocycles. The molecule has 1 aromatic rings. The molecule has 160 valence electrons. The number of nitriles is 3. The van der Waals surface area contributed by atoms with E-state index in [4.69, 9.17) is 30.0 Å². The highest BCUT2D eigenvalue weighted by Crippen LogP contribution is 2.22. The molecule has 0 aliphatic rings. The van der Waals surface area contributed by atoms with E-state index in [9.17, 15) is 9.90 Å². The lowest BCUT2D eigenvalue weighted by Gasteiger charge is -2.41. The zero-order valence-electron chi connectivity index (χ0n) is 16.8. The lowest BCUT2D eigenvalue weighted by atomic mass is 9.99. The molecule has 0 spiro atoms. The van der Waals surface area contributed by atoms with Crippen molar-refractivity contribution in [1.82, 2.24) is 4.90 Å². The number of rotatable bonds is 15. The first-order valence-electron chi connectivity index (χ1n) is 9.48. The lowest BCUT2D eigenvalue weighted by molar-refractivity contribution is -0.0908. The maximum atomic E-state index is 12.2. The van der Waals surface area contributed by atoms with Gasteiger partial charge in [-0.3, -0.25) is 4.90 Å². The molecule has 9 nitrogen and oxygen atoms in total. The second-order valence-electron chi connectivity index (χ2n) is 6.46. The first kappa shape index (κ1) is 24.9. The fourth-order valence-corrected chi connectivity index (χ4v) is 2.70. The van der Waals surface area contributed by atoms with Crippen LogP contribution in [0.4, 0.5) is 4.79 Å². The first-order valence-corrected chi connectivity index (χ1v) is 9.48. The zero-order valence-corrected chi connectivity index (χ0v) is 16.8. The minimum absolute atomic E-state index is 0.0626. The summed E-state index contributed by atoms with van der Waals surface area (Å²) in [5.41, 5.74) is -0.447. The number of hydrogen-bond donors (Lipinski definition) is 1. The summed E-state index contributed by atoms with van der Waals surface area (Å²) < 4.78 is 16.8. The molecule has 1 amide bonds. The topological polar surface area (TPSA) is 140 Å². The average molecular weight is 414 g/mol. The van der Waals surface area contributed by atoms with Crippen molar-refractivity contribution in [3.8, 4) is 18.2 Å². The van der Waals surface area contributed by atoms with E-state index < -0.39 is 11.6 Å². The molecular formula is C21H26N4O5. The van der Waals surface area contributed by atoms with E-state index in [-0.39, 0.29) is 65.4 Å². The third-order valence-electron chi connectivity index (χ3n) is 4.17. The van der Waals surface area contributed by atoms with E-state index in [1.807, 2.05) is 48.5 Å². The largest absolute Gasteiger partial charge is 0.465 e. The van der Waals surface area contributed by atoms with Crippen molar-refractivity contribution >= 4 is 6.09 Å². The highest BCUT2D eigenvalue weighted by atomic mass is 16.5. The fraction of sp³-hybridized carbons (Fsp3) is 0.524. The molecule has 0 bridgehead atoms. The van der Waals surface area contributed by atoms with Crippen LogP contribution < -0.4 is 0 Å². The van der Waals surface area contributed by atoms with Crippen molar-refractivity contribution in [3.63, 3.8) is 0 Å². The van der Waals surface area contributed by atoms with Crippen LogP contribution in [0.1, 0.15) is 24.8 Å². The van der Waals surface area contributed by atoms with Gasteiger partial charge in [0.2, 0.25) is 0 Å². The van der Waals surface area contributed by atoms with E-state index in [1.165, 1.54) is 4.90 Å². The van der Waals surface area contributed by atoms with Crippen LogP contribution in [0.3, 0.4) is 0 Å². The number of ether oxygens (including phenoxy) is 3. The summed E-state index contributed by atoms with van der Waals surface area (Å²) >= 11 is 0. The number of nitrogens with zero attached hydrogens (tertiary/aromatic N) is 4. The van der Waals surface area contributed by atoms with Gasteiger partial charge in [0, 0.05) is 6.54 Å². The van der Waals surface area contributed by atoms with E-state index >= 15 is 0 Å². The SMILES string of the molecule is N#CCCOCC(COCCC#N)(COCCC#N)N(Cc1ccccc1)C(=O)O. The van der Waals surface area contributed by atoms with Crippen LogP contribution in [-0.2, 0) is 20.8 Å². The van der Waals surface area contributed by atoms with Crippen molar-refractivity contribution in [3.05, 3.63) is 35.9 Å². The monoisotopic (exact) mass is 414 g/mol. The van der Waals surface area contributed by atoms with E-state index in [1.54, 1.807) is 0 Å². The number of carboxylic acid groups (broad SMARTS) is 1. The Balaban J connectivity index is 3.14. The summed E-state index contributed by atoms with van der Waals surface area (Å²) in [7, 11) is 0. The second-order valence-corrected chi connectivity index (χ2v) is 6.46. The molecule has 1 aromatic carbocycles. The molecule has 0 atom stereocenters. The molecule has 1 N–H and O–H groups in total. The van der Waals surface area contributed by atoms with Crippen LogP contribution in [0.2, 0.25) is 0 Å².